The summed E-state index contributed by atoms with van der Waals surface area (Å²) >= 11 is 5.49. The van der Waals surface area contributed by atoms with E-state index in [0.717, 1.165) is 5.56 Å². The second-order valence-electron chi connectivity index (χ2n) is 7.41. The third-order valence-corrected chi connectivity index (χ3v) is 5.83. The largest absolute Gasteiger partial charge is 0.762 e. The molecule has 0 amide bonds. The molecule has 0 saturated carbocycles. The summed E-state index contributed by atoms with van der Waals surface area (Å²) in [6.07, 6.45) is 3.68. The molecule has 1 aliphatic heterocycles. The summed E-state index contributed by atoms with van der Waals surface area (Å²) in [5.74, 6) is -0.950. The number of halogens is 1. The van der Waals surface area contributed by atoms with Crippen LogP contribution < -0.4 is 9.88 Å². The summed E-state index contributed by atoms with van der Waals surface area (Å²) in [4.78, 5) is 0. The zero-order chi connectivity index (χ0) is 21.3. The fourth-order valence-electron chi connectivity index (χ4n) is 4.03. The van der Waals surface area contributed by atoms with Gasteiger partial charge >= 0.3 is 0 Å². The molecule has 2 aromatic carbocycles. The Hall–Kier alpha value is -3.27. The molecule has 0 fully saturated rings. The molecule has 0 aliphatic carbocycles. The first-order chi connectivity index (χ1) is 14.4. The molecular weight excluding hydrogens is 397 g/mol. The number of allylic oxidation sites excluding steroid dienone is 1. The standard InChI is InChI=1S/C24H20FN3OS/c1-16-5-9-18(10-6-16)24(29)22(28-13-3-2-4-14-28)21(20(15-26)23(30)27-24)17-7-11-19(25)12-8-17/h2-14,21-22,27,29H,1H3. The first kappa shape index (κ1) is 20.0. The van der Waals surface area contributed by atoms with E-state index in [-0.39, 0.29) is 10.8 Å². The van der Waals surface area contributed by atoms with Gasteiger partial charge in [0.05, 0.1) is 12.0 Å². The van der Waals surface area contributed by atoms with E-state index < -0.39 is 17.7 Å². The Morgan fingerprint density at radius 1 is 1.07 bits per heavy atom. The fraction of sp³-hybridized carbons (Fsp3) is 0.167. The van der Waals surface area contributed by atoms with Crippen molar-refractivity contribution in [3.8, 4) is 6.07 Å². The average molecular weight is 418 g/mol. The normalized spacial score (nSPS) is 23.5. The van der Waals surface area contributed by atoms with Crippen LogP contribution in [0.4, 0.5) is 4.39 Å². The van der Waals surface area contributed by atoms with E-state index in [0.29, 0.717) is 16.7 Å². The van der Waals surface area contributed by atoms with Crippen LogP contribution in [0.1, 0.15) is 28.7 Å². The monoisotopic (exact) mass is 417 g/mol. The lowest BCUT2D eigenvalue weighted by molar-refractivity contribution is -0.743. The highest BCUT2D eigenvalue weighted by Gasteiger charge is 2.54. The molecule has 0 spiro atoms. The summed E-state index contributed by atoms with van der Waals surface area (Å²) in [5.41, 5.74) is 1.12. The molecule has 3 unspecified atom stereocenters. The van der Waals surface area contributed by atoms with Crippen molar-refractivity contribution in [2.24, 2.45) is 0 Å². The Morgan fingerprint density at radius 2 is 1.70 bits per heavy atom. The molecule has 2 heterocycles. The number of benzene rings is 2. The zero-order valence-electron chi connectivity index (χ0n) is 16.3. The number of rotatable bonds is 3. The first-order valence-corrected chi connectivity index (χ1v) is 9.95. The van der Waals surface area contributed by atoms with E-state index in [2.05, 4.69) is 11.4 Å². The molecule has 30 heavy (non-hydrogen) atoms. The first-order valence-electron chi connectivity index (χ1n) is 9.54. The van der Waals surface area contributed by atoms with Gasteiger partial charge in [0.2, 0.25) is 11.8 Å². The Bertz CT molecular complexity index is 1120. The molecule has 4 nitrogen and oxygen atoms in total. The smallest absolute Gasteiger partial charge is 0.225 e. The van der Waals surface area contributed by atoms with Crippen molar-refractivity contribution in [1.29, 1.82) is 5.26 Å². The molecule has 1 aromatic heterocycles. The quantitative estimate of drug-likeness (QED) is 0.506. The van der Waals surface area contributed by atoms with Gasteiger partial charge in [-0.1, -0.05) is 53.1 Å². The maximum Gasteiger partial charge on any atom is 0.225 e. The molecule has 6 heteroatoms. The molecule has 1 aliphatic rings. The maximum atomic E-state index is 13.6. The van der Waals surface area contributed by atoms with Gasteiger partial charge in [-0.25, -0.2) is 4.39 Å². The highest BCUT2D eigenvalue weighted by atomic mass is 32.1. The molecule has 3 aromatic rings. The average Bonchev–Trinajstić information content (AvgIpc) is 2.75. The van der Waals surface area contributed by atoms with Crippen LogP contribution in [0.5, 0.6) is 0 Å². The third kappa shape index (κ3) is 3.43. The molecule has 3 atom stereocenters. The minimum Gasteiger partial charge on any atom is -0.762 e. The molecule has 2 N–H and O–H groups in total. The van der Waals surface area contributed by atoms with E-state index in [4.69, 9.17) is 12.6 Å². The van der Waals surface area contributed by atoms with Crippen LogP contribution in [0.2, 0.25) is 0 Å². The minimum atomic E-state index is -1.59. The van der Waals surface area contributed by atoms with Gasteiger partial charge in [0.1, 0.15) is 5.82 Å². The van der Waals surface area contributed by atoms with E-state index in [1.165, 1.54) is 12.1 Å². The Balaban J connectivity index is 1.99. The minimum absolute atomic E-state index is 0.183. The number of aryl methyl sites for hydroxylation is 1. The molecule has 0 saturated heterocycles. The van der Waals surface area contributed by atoms with Crippen molar-refractivity contribution in [3.05, 3.63) is 112 Å². The molecule has 4 rings (SSSR count). The van der Waals surface area contributed by atoms with Crippen molar-refractivity contribution in [2.45, 2.75) is 24.6 Å². The van der Waals surface area contributed by atoms with Crippen LogP contribution in [0, 0.1) is 24.1 Å². The zero-order valence-corrected chi connectivity index (χ0v) is 17.1. The summed E-state index contributed by atoms with van der Waals surface area (Å²) in [7, 11) is 0. The van der Waals surface area contributed by atoms with Gasteiger partial charge < -0.3 is 23.1 Å². The number of aromatic nitrogens is 1. The molecule has 150 valence electrons. The molecule has 0 bridgehead atoms. The summed E-state index contributed by atoms with van der Waals surface area (Å²) < 4.78 is 15.5. The molecular formula is C24H20FN3OS. The van der Waals surface area contributed by atoms with Crippen LogP contribution in [0.3, 0.4) is 0 Å². The maximum absolute atomic E-state index is 13.6. The second kappa shape index (κ2) is 7.86. The second-order valence-corrected chi connectivity index (χ2v) is 7.82. The van der Waals surface area contributed by atoms with Gasteiger partial charge in [0.25, 0.3) is 0 Å². The number of aliphatic hydroxyl groups is 1. The highest BCUT2D eigenvalue weighted by Crippen LogP contribution is 2.46. The van der Waals surface area contributed by atoms with Gasteiger partial charge in [-0.3, -0.25) is 0 Å². The van der Waals surface area contributed by atoms with Gasteiger partial charge in [0.15, 0.2) is 12.4 Å². The Morgan fingerprint density at radius 3 is 2.30 bits per heavy atom. The molecule has 0 radical (unpaired) electrons. The Kier molecular flexibility index (Phi) is 5.25. The Labute approximate surface area is 180 Å². The van der Waals surface area contributed by atoms with Crippen molar-refractivity contribution in [2.75, 3.05) is 0 Å². The van der Waals surface area contributed by atoms with Gasteiger partial charge in [0, 0.05) is 23.3 Å². The number of nitrogens with one attached hydrogen (secondary N) is 1. The van der Waals surface area contributed by atoms with Crippen LogP contribution >= 0.6 is 0 Å². The third-order valence-electron chi connectivity index (χ3n) is 5.50. The fourth-order valence-corrected chi connectivity index (χ4v) is 4.36. The van der Waals surface area contributed by atoms with Crippen molar-refractivity contribution < 1.29 is 14.1 Å². The number of hydrogen-bond donors (Lipinski definition) is 2. The number of pyridine rings is 1. The number of nitrogens with zero attached hydrogens (tertiary/aromatic N) is 2. The van der Waals surface area contributed by atoms with Gasteiger partial charge in [-0.2, -0.15) is 9.83 Å². The van der Waals surface area contributed by atoms with Crippen molar-refractivity contribution in [3.63, 3.8) is 0 Å². The lowest BCUT2D eigenvalue weighted by Gasteiger charge is -2.45. The summed E-state index contributed by atoms with van der Waals surface area (Å²) in [5, 5.41) is 25.1. The SMILES string of the molecule is Cc1ccc(C2(O)NC([S-])=C(C#N)C(c3ccc(F)cc3)C2[n+]2ccccc2)cc1. The lowest BCUT2D eigenvalue weighted by atomic mass is 9.75. The van der Waals surface area contributed by atoms with E-state index in [9.17, 15) is 14.8 Å². The van der Waals surface area contributed by atoms with Crippen LogP contribution in [-0.2, 0) is 18.4 Å². The summed E-state index contributed by atoms with van der Waals surface area (Å²) in [6.45, 7) is 1.97. The van der Waals surface area contributed by atoms with Crippen molar-refractivity contribution in [1.82, 2.24) is 5.32 Å². The van der Waals surface area contributed by atoms with E-state index >= 15 is 0 Å². The van der Waals surface area contributed by atoms with Crippen LogP contribution in [-0.4, -0.2) is 5.11 Å². The van der Waals surface area contributed by atoms with E-state index in [1.54, 1.807) is 12.1 Å². The van der Waals surface area contributed by atoms with Gasteiger partial charge in [-0.05, 0) is 24.6 Å². The van der Waals surface area contributed by atoms with Crippen LogP contribution in [0.15, 0.2) is 89.7 Å². The number of hydrogen-bond acceptors (Lipinski definition) is 4. The predicted octanol–water partition coefficient (Wildman–Crippen LogP) is 3.48. The van der Waals surface area contributed by atoms with Crippen molar-refractivity contribution >= 4 is 12.6 Å². The van der Waals surface area contributed by atoms with Crippen LogP contribution in [0.25, 0.3) is 0 Å². The van der Waals surface area contributed by atoms with Gasteiger partial charge in [-0.15, -0.1) is 0 Å². The number of nitriles is 1. The van der Waals surface area contributed by atoms with E-state index in [1.807, 2.05) is 66.3 Å². The predicted molar refractivity (Wildman–Crippen MR) is 113 cm³/mol. The highest BCUT2D eigenvalue weighted by molar-refractivity contribution is 7.63. The topological polar surface area (TPSA) is 59.9 Å². The summed E-state index contributed by atoms with van der Waals surface area (Å²) in [6, 6.07) is 20.7. The lowest BCUT2D eigenvalue weighted by Crippen LogP contribution is -2.62.